The summed E-state index contributed by atoms with van der Waals surface area (Å²) in [6.45, 7) is 2.25. The molecule has 1 amide bonds. The van der Waals surface area contributed by atoms with Gasteiger partial charge >= 0.3 is 5.97 Å². The summed E-state index contributed by atoms with van der Waals surface area (Å²) in [5.74, 6) is -1.17. The number of amides is 1. The first-order valence-corrected chi connectivity index (χ1v) is 7.86. The Morgan fingerprint density at radius 2 is 1.78 bits per heavy atom. The van der Waals surface area contributed by atoms with E-state index in [1.807, 2.05) is 6.92 Å². The van der Waals surface area contributed by atoms with Crippen molar-refractivity contribution in [3.63, 3.8) is 0 Å². The number of hydrogen-bond donors (Lipinski definition) is 2. The molecule has 5 nitrogen and oxygen atoms in total. The first-order chi connectivity index (χ1) is 8.41. The summed E-state index contributed by atoms with van der Waals surface area (Å²) in [6, 6.07) is 0. The van der Waals surface area contributed by atoms with Gasteiger partial charge in [0.05, 0.1) is 5.92 Å². The topological polar surface area (TPSA) is 83.5 Å². The number of carbonyl (C=O) groups excluding carboxylic acids is 1. The Hall–Kier alpha value is -0.910. The lowest BCUT2D eigenvalue weighted by Crippen LogP contribution is -2.38. The zero-order chi connectivity index (χ0) is 13.7. The maximum atomic E-state index is 11.8. The number of hydrogen-bond acceptors (Lipinski definition) is 3. The Bertz CT molecular complexity index is 337. The molecule has 6 heteroatoms. The van der Waals surface area contributed by atoms with E-state index < -0.39 is 16.8 Å². The number of carbonyl (C=O) groups is 2. The minimum absolute atomic E-state index is 0.0314. The van der Waals surface area contributed by atoms with Crippen LogP contribution in [0.25, 0.3) is 0 Å². The summed E-state index contributed by atoms with van der Waals surface area (Å²) in [6.07, 6.45) is 4.03. The van der Waals surface area contributed by atoms with E-state index in [-0.39, 0.29) is 23.0 Å². The molecule has 2 N–H and O–H groups in total. The third kappa shape index (κ3) is 4.40. The average molecular weight is 275 g/mol. The molecule has 1 rings (SSSR count). The van der Waals surface area contributed by atoms with E-state index in [1.165, 1.54) is 0 Å². The second kappa shape index (κ2) is 6.87. The van der Waals surface area contributed by atoms with Crippen molar-refractivity contribution in [1.82, 2.24) is 5.32 Å². The van der Waals surface area contributed by atoms with E-state index in [0.29, 0.717) is 32.2 Å². The SMILES string of the molecule is CC(CNC(=O)C1CCC(C(=O)O)CC1)S(C)=O. The first kappa shape index (κ1) is 15.1. The highest BCUT2D eigenvalue weighted by Crippen LogP contribution is 2.28. The Morgan fingerprint density at radius 3 is 2.22 bits per heavy atom. The fraction of sp³-hybridized carbons (Fsp3) is 0.833. The summed E-state index contributed by atoms with van der Waals surface area (Å²) in [7, 11) is -0.936. The van der Waals surface area contributed by atoms with E-state index >= 15 is 0 Å². The fourth-order valence-corrected chi connectivity index (χ4v) is 2.43. The molecule has 0 heterocycles. The van der Waals surface area contributed by atoms with Gasteiger partial charge in [-0.2, -0.15) is 0 Å². The maximum Gasteiger partial charge on any atom is 0.306 e. The summed E-state index contributed by atoms with van der Waals surface area (Å²) >= 11 is 0. The predicted molar refractivity (Wildman–Crippen MR) is 69.6 cm³/mol. The molecule has 0 saturated heterocycles. The van der Waals surface area contributed by atoms with Gasteiger partial charge in [0.2, 0.25) is 5.91 Å². The maximum absolute atomic E-state index is 11.8. The van der Waals surface area contributed by atoms with Crippen molar-refractivity contribution in [1.29, 1.82) is 0 Å². The average Bonchev–Trinajstić information content (AvgIpc) is 2.35. The summed E-state index contributed by atoms with van der Waals surface area (Å²) in [5, 5.41) is 11.6. The van der Waals surface area contributed by atoms with Crippen LogP contribution in [-0.2, 0) is 20.4 Å². The van der Waals surface area contributed by atoms with Crippen LogP contribution in [0.15, 0.2) is 0 Å². The molecule has 1 fully saturated rings. The van der Waals surface area contributed by atoms with E-state index in [4.69, 9.17) is 5.11 Å². The first-order valence-electron chi connectivity index (χ1n) is 6.24. The van der Waals surface area contributed by atoms with Gasteiger partial charge in [-0.3, -0.25) is 13.8 Å². The highest BCUT2D eigenvalue weighted by atomic mass is 32.2. The Labute approximate surface area is 110 Å². The van der Waals surface area contributed by atoms with Gasteiger partial charge in [-0.25, -0.2) is 0 Å². The number of rotatable bonds is 5. The predicted octanol–water partition coefficient (Wildman–Crippen LogP) is 0.761. The van der Waals surface area contributed by atoms with Crippen molar-refractivity contribution in [2.24, 2.45) is 11.8 Å². The standard InChI is InChI=1S/C12H21NO4S/c1-8(18(2)17)7-13-11(14)9-3-5-10(6-4-9)12(15)16/h8-10H,3-7H2,1-2H3,(H,13,14)(H,15,16). The van der Waals surface area contributed by atoms with Crippen LogP contribution in [0.3, 0.4) is 0 Å². The monoisotopic (exact) mass is 275 g/mol. The molecule has 0 aromatic carbocycles. The lowest BCUT2D eigenvalue weighted by atomic mass is 9.81. The number of nitrogens with one attached hydrogen (secondary N) is 1. The van der Waals surface area contributed by atoms with Gasteiger partial charge in [-0.15, -0.1) is 0 Å². The van der Waals surface area contributed by atoms with Gasteiger partial charge in [-0.1, -0.05) is 0 Å². The largest absolute Gasteiger partial charge is 0.481 e. The van der Waals surface area contributed by atoms with Crippen LogP contribution in [0.5, 0.6) is 0 Å². The lowest BCUT2D eigenvalue weighted by molar-refractivity contribution is -0.144. The molecule has 0 aromatic rings. The highest BCUT2D eigenvalue weighted by Gasteiger charge is 2.29. The molecule has 1 saturated carbocycles. The molecular weight excluding hydrogens is 254 g/mol. The normalized spacial score (nSPS) is 27.2. The molecule has 18 heavy (non-hydrogen) atoms. The summed E-state index contributed by atoms with van der Waals surface area (Å²) in [5.41, 5.74) is 0. The van der Waals surface area contributed by atoms with Crippen LogP contribution in [0.1, 0.15) is 32.6 Å². The van der Waals surface area contributed by atoms with Gasteiger partial charge in [-0.05, 0) is 32.6 Å². The van der Waals surface area contributed by atoms with Gasteiger partial charge in [0.15, 0.2) is 0 Å². The molecule has 1 aliphatic rings. The van der Waals surface area contributed by atoms with Crippen LogP contribution >= 0.6 is 0 Å². The van der Waals surface area contributed by atoms with Gasteiger partial charge in [0.1, 0.15) is 0 Å². The van der Waals surface area contributed by atoms with E-state index in [1.54, 1.807) is 6.26 Å². The molecular formula is C12H21NO4S. The third-order valence-electron chi connectivity index (χ3n) is 3.58. The Morgan fingerprint density at radius 1 is 1.28 bits per heavy atom. The van der Waals surface area contributed by atoms with Crippen molar-refractivity contribution in [2.75, 3.05) is 12.8 Å². The summed E-state index contributed by atoms with van der Waals surface area (Å²) < 4.78 is 11.1. The van der Waals surface area contributed by atoms with Crippen molar-refractivity contribution in [3.8, 4) is 0 Å². The lowest BCUT2D eigenvalue weighted by Gasteiger charge is -2.25. The smallest absolute Gasteiger partial charge is 0.306 e. The van der Waals surface area contributed by atoms with E-state index in [0.717, 1.165) is 0 Å². The molecule has 0 aliphatic heterocycles. The van der Waals surface area contributed by atoms with Crippen LogP contribution in [0.2, 0.25) is 0 Å². The van der Waals surface area contributed by atoms with Crippen LogP contribution in [-0.4, -0.2) is 39.2 Å². The quantitative estimate of drug-likeness (QED) is 0.776. The van der Waals surface area contributed by atoms with Gasteiger partial charge in [0.25, 0.3) is 0 Å². The molecule has 0 bridgehead atoms. The molecule has 2 unspecified atom stereocenters. The van der Waals surface area contributed by atoms with Crippen molar-refractivity contribution in [2.45, 2.75) is 37.9 Å². The third-order valence-corrected chi connectivity index (χ3v) is 4.88. The van der Waals surface area contributed by atoms with Gasteiger partial charge in [0, 0.05) is 34.8 Å². The zero-order valence-corrected chi connectivity index (χ0v) is 11.7. The molecule has 2 atom stereocenters. The van der Waals surface area contributed by atoms with Crippen molar-refractivity contribution < 1.29 is 18.9 Å². The van der Waals surface area contributed by atoms with Crippen molar-refractivity contribution >= 4 is 22.7 Å². The minimum Gasteiger partial charge on any atom is -0.481 e. The van der Waals surface area contributed by atoms with Crippen molar-refractivity contribution in [3.05, 3.63) is 0 Å². The molecule has 104 valence electrons. The van der Waals surface area contributed by atoms with Crippen LogP contribution in [0.4, 0.5) is 0 Å². The Balaban J connectivity index is 2.32. The summed E-state index contributed by atoms with van der Waals surface area (Å²) in [4.78, 5) is 22.6. The van der Waals surface area contributed by atoms with Gasteiger partial charge < -0.3 is 10.4 Å². The fourth-order valence-electron chi connectivity index (χ4n) is 2.11. The molecule has 0 radical (unpaired) electrons. The zero-order valence-electron chi connectivity index (χ0n) is 10.8. The minimum atomic E-state index is -0.936. The molecule has 1 aliphatic carbocycles. The number of carboxylic acid groups (broad SMARTS) is 1. The second-order valence-corrected chi connectivity index (χ2v) is 6.74. The number of aliphatic carboxylic acids is 1. The molecule has 0 aromatic heterocycles. The number of carboxylic acids is 1. The molecule has 0 spiro atoms. The highest BCUT2D eigenvalue weighted by molar-refractivity contribution is 7.84. The Kier molecular flexibility index (Phi) is 5.78. The van der Waals surface area contributed by atoms with E-state index in [2.05, 4.69) is 5.32 Å². The van der Waals surface area contributed by atoms with Crippen LogP contribution in [0, 0.1) is 11.8 Å². The second-order valence-electron chi connectivity index (χ2n) is 4.94. The van der Waals surface area contributed by atoms with E-state index in [9.17, 15) is 13.8 Å². The van der Waals surface area contributed by atoms with Crippen LogP contribution < -0.4 is 5.32 Å².